The van der Waals surface area contributed by atoms with Gasteiger partial charge in [0.1, 0.15) is 5.82 Å². The van der Waals surface area contributed by atoms with Crippen LogP contribution in [-0.2, 0) is 17.7 Å². The Hall–Kier alpha value is -1.85. The molecule has 4 nitrogen and oxygen atoms in total. The second kappa shape index (κ2) is 8.66. The second-order valence-electron chi connectivity index (χ2n) is 8.76. The first-order chi connectivity index (χ1) is 13.3. The van der Waals surface area contributed by atoms with Crippen LogP contribution in [0.5, 0.6) is 0 Å². The number of ether oxygens (including phenoxy) is 1. The number of hydrogen-bond acceptors (Lipinski definition) is 4. The molecule has 0 aromatic carbocycles. The smallest absolute Gasteiger partial charge is 0.141 e. The van der Waals surface area contributed by atoms with Crippen molar-refractivity contribution < 1.29 is 9.13 Å². The molecular formula is C23H32FN3O. The van der Waals surface area contributed by atoms with Crippen molar-refractivity contribution in [1.82, 2.24) is 14.9 Å². The zero-order valence-corrected chi connectivity index (χ0v) is 17.5. The summed E-state index contributed by atoms with van der Waals surface area (Å²) in [4.78, 5) is 11.2. The topological polar surface area (TPSA) is 38.2 Å². The Morgan fingerprint density at radius 1 is 1.14 bits per heavy atom. The molecule has 3 rings (SSSR count). The Kier molecular flexibility index (Phi) is 6.46. The Labute approximate surface area is 168 Å². The number of aryl methyl sites for hydroxylation is 2. The largest absolute Gasteiger partial charge is 0.381 e. The summed E-state index contributed by atoms with van der Waals surface area (Å²) in [6.45, 7) is 12.0. The van der Waals surface area contributed by atoms with Crippen molar-refractivity contribution >= 4 is 0 Å². The first kappa shape index (κ1) is 20.9. The molecule has 2 aromatic heterocycles. The van der Waals surface area contributed by atoms with Gasteiger partial charge in [0.15, 0.2) is 0 Å². The maximum atomic E-state index is 13.2. The number of nitrogens with zero attached hydrogens (tertiary/aromatic N) is 3. The number of likely N-dealkylation sites (tertiary alicyclic amines) is 1. The van der Waals surface area contributed by atoms with E-state index < -0.39 is 0 Å². The quantitative estimate of drug-likeness (QED) is 0.667. The monoisotopic (exact) mass is 385 g/mol. The van der Waals surface area contributed by atoms with E-state index in [4.69, 9.17) is 4.74 Å². The first-order valence-electron chi connectivity index (χ1n) is 10.2. The van der Waals surface area contributed by atoms with Gasteiger partial charge in [-0.25, -0.2) is 4.39 Å². The molecule has 0 spiro atoms. The lowest BCUT2D eigenvalue weighted by Crippen LogP contribution is -2.37. The van der Waals surface area contributed by atoms with E-state index in [0.717, 1.165) is 57.0 Å². The highest BCUT2D eigenvalue weighted by molar-refractivity contribution is 5.15. The Morgan fingerprint density at radius 3 is 2.61 bits per heavy atom. The van der Waals surface area contributed by atoms with Crippen LogP contribution in [0.1, 0.15) is 50.6 Å². The third kappa shape index (κ3) is 5.15. The lowest BCUT2D eigenvalue weighted by molar-refractivity contribution is 0.0487. The number of rotatable bonds is 8. The van der Waals surface area contributed by atoms with Gasteiger partial charge in [0.25, 0.3) is 0 Å². The number of aromatic nitrogens is 2. The molecule has 0 amide bonds. The lowest BCUT2D eigenvalue weighted by atomic mass is 9.78. The van der Waals surface area contributed by atoms with Crippen LogP contribution in [0.15, 0.2) is 36.7 Å². The van der Waals surface area contributed by atoms with Crippen LogP contribution >= 0.6 is 0 Å². The van der Waals surface area contributed by atoms with E-state index in [1.54, 1.807) is 6.07 Å². The van der Waals surface area contributed by atoms with Crippen LogP contribution in [-0.4, -0.2) is 40.2 Å². The second-order valence-corrected chi connectivity index (χ2v) is 8.76. The van der Waals surface area contributed by atoms with Crippen LogP contribution in [0.4, 0.5) is 4.39 Å². The number of halogens is 1. The van der Waals surface area contributed by atoms with Gasteiger partial charge in [-0.1, -0.05) is 6.07 Å². The van der Waals surface area contributed by atoms with Crippen molar-refractivity contribution in [2.75, 3.05) is 19.8 Å². The molecule has 28 heavy (non-hydrogen) atoms. The molecule has 3 heterocycles. The van der Waals surface area contributed by atoms with E-state index in [0.29, 0.717) is 0 Å². The molecule has 152 valence electrons. The molecule has 1 fully saturated rings. The fraction of sp³-hybridized carbons (Fsp3) is 0.565. The molecule has 0 bridgehead atoms. The van der Waals surface area contributed by atoms with Crippen molar-refractivity contribution in [3.63, 3.8) is 0 Å². The maximum Gasteiger partial charge on any atom is 0.141 e. The van der Waals surface area contributed by atoms with Gasteiger partial charge in [0.2, 0.25) is 0 Å². The molecule has 1 saturated heterocycles. The van der Waals surface area contributed by atoms with E-state index in [9.17, 15) is 4.39 Å². The highest BCUT2D eigenvalue weighted by atomic mass is 19.1. The standard InChI is InChI=1S/C23H32FN3O/c1-5-28-17-23(11-10-21-9-8-20(24)13-26-21)15-22(3,4)27(16-23)14-19-7-6-18(2)25-12-19/h6-9,12-13H,5,10-11,14-17H2,1-4H3. The highest BCUT2D eigenvalue weighted by Gasteiger charge is 2.48. The zero-order valence-electron chi connectivity index (χ0n) is 17.5. The average molecular weight is 386 g/mol. The average Bonchev–Trinajstić information content (AvgIpc) is 2.92. The van der Waals surface area contributed by atoms with Crippen molar-refractivity contribution in [3.05, 3.63) is 59.4 Å². The van der Waals surface area contributed by atoms with Gasteiger partial charge in [-0.3, -0.25) is 14.9 Å². The van der Waals surface area contributed by atoms with Crippen LogP contribution in [0.25, 0.3) is 0 Å². The van der Waals surface area contributed by atoms with Gasteiger partial charge >= 0.3 is 0 Å². The lowest BCUT2D eigenvalue weighted by Gasteiger charge is -2.31. The van der Waals surface area contributed by atoms with Gasteiger partial charge < -0.3 is 4.74 Å². The van der Waals surface area contributed by atoms with Gasteiger partial charge in [0, 0.05) is 48.2 Å². The molecular weight excluding hydrogens is 353 g/mol. The van der Waals surface area contributed by atoms with E-state index in [2.05, 4.69) is 40.8 Å². The molecule has 0 aliphatic carbocycles. The van der Waals surface area contributed by atoms with Gasteiger partial charge in [-0.05, 0) is 70.7 Å². The Morgan fingerprint density at radius 2 is 1.96 bits per heavy atom. The molecule has 2 aromatic rings. The predicted molar refractivity (Wildman–Crippen MR) is 110 cm³/mol. The van der Waals surface area contributed by atoms with E-state index in [1.165, 1.54) is 17.8 Å². The minimum Gasteiger partial charge on any atom is -0.381 e. The van der Waals surface area contributed by atoms with Crippen LogP contribution in [0.2, 0.25) is 0 Å². The minimum absolute atomic E-state index is 0.0771. The molecule has 0 radical (unpaired) electrons. The Balaban J connectivity index is 1.73. The summed E-state index contributed by atoms with van der Waals surface area (Å²) in [5.74, 6) is -0.285. The molecule has 0 N–H and O–H groups in total. The number of hydrogen-bond donors (Lipinski definition) is 0. The summed E-state index contributed by atoms with van der Waals surface area (Å²) in [7, 11) is 0. The van der Waals surface area contributed by atoms with Gasteiger partial charge in [-0.15, -0.1) is 0 Å². The van der Waals surface area contributed by atoms with E-state index in [1.807, 2.05) is 20.0 Å². The van der Waals surface area contributed by atoms with E-state index >= 15 is 0 Å². The van der Waals surface area contributed by atoms with Crippen molar-refractivity contribution in [1.29, 1.82) is 0 Å². The fourth-order valence-electron chi connectivity index (χ4n) is 4.39. The van der Waals surface area contributed by atoms with E-state index in [-0.39, 0.29) is 16.8 Å². The van der Waals surface area contributed by atoms with Crippen molar-refractivity contribution in [3.8, 4) is 0 Å². The summed E-state index contributed by atoms with van der Waals surface area (Å²) >= 11 is 0. The van der Waals surface area contributed by atoms with Crippen LogP contribution in [0.3, 0.4) is 0 Å². The van der Waals surface area contributed by atoms with Crippen molar-refractivity contribution in [2.45, 2.75) is 59.0 Å². The highest BCUT2D eigenvalue weighted by Crippen LogP contribution is 2.45. The zero-order chi connectivity index (χ0) is 20.2. The van der Waals surface area contributed by atoms with Crippen LogP contribution < -0.4 is 0 Å². The summed E-state index contributed by atoms with van der Waals surface area (Å²) in [6, 6.07) is 7.53. The summed E-state index contributed by atoms with van der Waals surface area (Å²) in [5, 5.41) is 0. The predicted octanol–water partition coefficient (Wildman–Crippen LogP) is 4.56. The summed E-state index contributed by atoms with van der Waals surface area (Å²) < 4.78 is 19.1. The molecule has 1 atom stereocenters. The molecule has 1 aliphatic heterocycles. The summed E-state index contributed by atoms with van der Waals surface area (Å²) in [6.07, 6.45) is 6.18. The molecule has 0 saturated carbocycles. The van der Waals surface area contributed by atoms with Gasteiger partial charge in [-0.2, -0.15) is 0 Å². The SMILES string of the molecule is CCOCC1(CCc2ccc(F)cn2)CN(Cc2ccc(C)nc2)C(C)(C)C1. The van der Waals surface area contributed by atoms with Gasteiger partial charge in [0.05, 0.1) is 12.8 Å². The molecule has 1 unspecified atom stereocenters. The molecule has 1 aliphatic rings. The number of pyridine rings is 2. The minimum atomic E-state index is -0.285. The summed E-state index contributed by atoms with van der Waals surface area (Å²) in [5.41, 5.74) is 3.38. The maximum absolute atomic E-state index is 13.2. The Bertz CT molecular complexity index is 760. The normalized spacial score (nSPS) is 21.9. The first-order valence-corrected chi connectivity index (χ1v) is 10.2. The third-order valence-corrected chi connectivity index (χ3v) is 5.85. The van der Waals surface area contributed by atoms with Crippen molar-refractivity contribution in [2.24, 2.45) is 5.41 Å². The van der Waals surface area contributed by atoms with Crippen LogP contribution in [0, 0.1) is 18.2 Å². The fourth-order valence-corrected chi connectivity index (χ4v) is 4.39. The third-order valence-electron chi connectivity index (χ3n) is 5.85. The molecule has 5 heteroatoms.